The zero-order valence-electron chi connectivity index (χ0n) is 15.4. The molecule has 0 spiro atoms. The molecule has 0 aliphatic carbocycles. The van der Waals surface area contributed by atoms with Gasteiger partial charge in [-0.3, -0.25) is 4.79 Å². The van der Waals surface area contributed by atoms with Crippen LogP contribution in [0.3, 0.4) is 0 Å². The topological polar surface area (TPSA) is 75.3 Å². The summed E-state index contributed by atoms with van der Waals surface area (Å²) >= 11 is 0.651. The van der Waals surface area contributed by atoms with Crippen molar-refractivity contribution in [3.63, 3.8) is 0 Å². The molecule has 1 heterocycles. The quantitative estimate of drug-likeness (QED) is 0.535. The molecule has 0 unspecified atom stereocenters. The van der Waals surface area contributed by atoms with Crippen LogP contribution in [0, 0.1) is 25.1 Å². The van der Waals surface area contributed by atoms with Crippen molar-refractivity contribution in [3.8, 4) is 12.3 Å². The highest BCUT2D eigenvalue weighted by molar-refractivity contribution is 7.91. The molecular formula is C18H16F4N2O3S2. The molecule has 0 aliphatic heterocycles. The number of rotatable bonds is 5. The number of hydrogen-bond acceptors (Lipinski definition) is 4. The van der Waals surface area contributed by atoms with Crippen molar-refractivity contribution in [1.29, 1.82) is 0 Å². The summed E-state index contributed by atoms with van der Waals surface area (Å²) in [5.41, 5.74) is -2.65. The summed E-state index contributed by atoms with van der Waals surface area (Å²) in [5, 5.41) is 2.45. The van der Waals surface area contributed by atoms with E-state index >= 15 is 0 Å². The Morgan fingerprint density at radius 2 is 1.83 bits per heavy atom. The maximum atomic E-state index is 13.4. The highest BCUT2D eigenvalue weighted by atomic mass is 32.2. The van der Waals surface area contributed by atoms with E-state index in [-0.39, 0.29) is 21.7 Å². The first kappa shape index (κ1) is 22.9. The third-order valence-electron chi connectivity index (χ3n) is 3.88. The molecule has 2 rings (SSSR count). The highest BCUT2D eigenvalue weighted by Crippen LogP contribution is 2.33. The van der Waals surface area contributed by atoms with Crippen LogP contribution in [-0.4, -0.2) is 26.0 Å². The molecule has 0 bridgehead atoms. The summed E-state index contributed by atoms with van der Waals surface area (Å²) in [5.74, 6) is 0.747. The smallest absolute Gasteiger partial charge is 0.322 e. The van der Waals surface area contributed by atoms with E-state index in [1.165, 1.54) is 19.1 Å². The molecule has 0 radical (unpaired) electrons. The van der Waals surface area contributed by atoms with Gasteiger partial charge < -0.3 is 5.32 Å². The van der Waals surface area contributed by atoms with Crippen molar-refractivity contribution < 1.29 is 30.8 Å². The lowest BCUT2D eigenvalue weighted by Crippen LogP contribution is -2.53. The van der Waals surface area contributed by atoms with Crippen molar-refractivity contribution in [2.45, 2.75) is 36.7 Å². The Morgan fingerprint density at radius 3 is 2.38 bits per heavy atom. The number of alkyl halides is 3. The summed E-state index contributed by atoms with van der Waals surface area (Å²) in [4.78, 5) is 12.7. The van der Waals surface area contributed by atoms with Crippen molar-refractivity contribution in [3.05, 3.63) is 46.1 Å². The third kappa shape index (κ3) is 4.95. The van der Waals surface area contributed by atoms with Gasteiger partial charge >= 0.3 is 6.18 Å². The van der Waals surface area contributed by atoms with Gasteiger partial charge in [0, 0.05) is 10.6 Å². The lowest BCUT2D eigenvalue weighted by molar-refractivity contribution is -0.180. The normalized spacial score (nSPS) is 12.5. The van der Waals surface area contributed by atoms with E-state index < -0.39 is 37.7 Å². The molecule has 11 heteroatoms. The van der Waals surface area contributed by atoms with E-state index in [4.69, 9.17) is 6.42 Å². The summed E-state index contributed by atoms with van der Waals surface area (Å²) in [6, 6.07) is 4.53. The average molecular weight is 448 g/mol. The Balaban J connectivity index is 2.30. The van der Waals surface area contributed by atoms with Crippen LogP contribution in [0.5, 0.6) is 0 Å². The van der Waals surface area contributed by atoms with E-state index in [2.05, 4.69) is 11.2 Å². The fourth-order valence-electron chi connectivity index (χ4n) is 2.17. The number of amides is 1. The molecule has 0 saturated heterocycles. The number of thiophene rings is 1. The van der Waals surface area contributed by atoms with Gasteiger partial charge in [-0.1, -0.05) is 5.92 Å². The maximum Gasteiger partial charge on any atom is 0.407 e. The molecule has 0 atom stereocenters. The highest BCUT2D eigenvalue weighted by Gasteiger charge is 2.50. The number of aryl methyl sites for hydroxylation is 1. The van der Waals surface area contributed by atoms with E-state index in [0.717, 1.165) is 12.1 Å². The second-order valence-electron chi connectivity index (χ2n) is 6.56. The number of sulfonamides is 1. The summed E-state index contributed by atoms with van der Waals surface area (Å²) < 4.78 is 78.3. The molecule has 2 N–H and O–H groups in total. The van der Waals surface area contributed by atoms with Gasteiger partial charge in [-0.05, 0) is 45.0 Å². The van der Waals surface area contributed by atoms with Gasteiger partial charge in [0.1, 0.15) is 15.6 Å². The first-order valence-electron chi connectivity index (χ1n) is 7.96. The van der Waals surface area contributed by atoms with E-state index in [9.17, 15) is 30.8 Å². The molecule has 1 amide bonds. The molecule has 1 aromatic heterocycles. The molecular weight excluding hydrogens is 432 g/mol. The molecule has 0 fully saturated rings. The van der Waals surface area contributed by atoms with Crippen LogP contribution >= 0.6 is 11.3 Å². The van der Waals surface area contributed by atoms with Crippen molar-refractivity contribution in [2.24, 2.45) is 0 Å². The Bertz CT molecular complexity index is 1100. The number of nitrogens with one attached hydrogen (secondary N) is 2. The maximum absolute atomic E-state index is 13.4. The second kappa shape index (κ2) is 7.78. The minimum Gasteiger partial charge on any atom is -0.322 e. The number of anilines is 1. The largest absolute Gasteiger partial charge is 0.407 e. The first-order valence-corrected chi connectivity index (χ1v) is 10.3. The zero-order chi connectivity index (χ0) is 22.2. The first-order chi connectivity index (χ1) is 13.2. The van der Waals surface area contributed by atoms with Crippen LogP contribution in [0.25, 0.3) is 0 Å². The second-order valence-corrected chi connectivity index (χ2v) is 9.72. The van der Waals surface area contributed by atoms with Crippen LogP contribution in [0.15, 0.2) is 28.5 Å². The van der Waals surface area contributed by atoms with Crippen molar-refractivity contribution >= 4 is 33.0 Å². The molecule has 0 aliphatic rings. The summed E-state index contributed by atoms with van der Waals surface area (Å²) in [6.45, 7) is 2.83. The lowest BCUT2D eigenvalue weighted by atomic mass is 10.1. The minimum absolute atomic E-state index is 0.0493. The Labute approximate surface area is 169 Å². The molecule has 29 heavy (non-hydrogen) atoms. The standard InChI is InChI=1S/C18H16F4N2O3S2/c1-5-11-8-12(6-7-14(11)19)23-16(25)13-9-15(28-10(13)2)29(26,27)24-17(3,4)18(20,21)22/h1,6-9,24H,2-4H3,(H,23,25). The summed E-state index contributed by atoms with van der Waals surface area (Å²) in [6.07, 6.45) is 0.347. The fraction of sp³-hybridized carbons (Fsp3) is 0.278. The Hall–Kier alpha value is -2.42. The molecule has 156 valence electrons. The average Bonchev–Trinajstić information content (AvgIpc) is 2.97. The Kier molecular flexibility index (Phi) is 6.13. The molecule has 2 aromatic rings. The van der Waals surface area contributed by atoms with Crippen LogP contribution in [0.2, 0.25) is 0 Å². The number of carbonyl (C=O) groups is 1. The lowest BCUT2D eigenvalue weighted by Gasteiger charge is -2.28. The van der Waals surface area contributed by atoms with Gasteiger partial charge in [0.2, 0.25) is 0 Å². The van der Waals surface area contributed by atoms with Gasteiger partial charge in [-0.2, -0.15) is 17.9 Å². The van der Waals surface area contributed by atoms with E-state index in [1.54, 1.807) is 4.72 Å². The SMILES string of the molecule is C#Cc1cc(NC(=O)c2cc(S(=O)(=O)NC(C)(C)C(F)(F)F)sc2C)ccc1F. The van der Waals surface area contributed by atoms with Crippen LogP contribution in [0.1, 0.15) is 34.6 Å². The molecule has 5 nitrogen and oxygen atoms in total. The number of halogens is 4. The zero-order valence-corrected chi connectivity index (χ0v) is 17.1. The van der Waals surface area contributed by atoms with Crippen molar-refractivity contribution in [2.75, 3.05) is 5.32 Å². The predicted octanol–water partition coefficient (Wildman–Crippen LogP) is 4.05. The number of terminal acetylenes is 1. The molecule has 1 aromatic carbocycles. The predicted molar refractivity (Wildman–Crippen MR) is 102 cm³/mol. The van der Waals surface area contributed by atoms with Crippen LogP contribution in [-0.2, 0) is 10.0 Å². The fourth-order valence-corrected chi connectivity index (χ4v) is 5.01. The molecule has 0 saturated carbocycles. The minimum atomic E-state index is -4.82. The number of carbonyl (C=O) groups excluding carboxylic acids is 1. The van der Waals surface area contributed by atoms with E-state index in [0.29, 0.717) is 25.2 Å². The number of hydrogen-bond donors (Lipinski definition) is 2. The van der Waals surface area contributed by atoms with E-state index in [1.807, 2.05) is 0 Å². The number of benzene rings is 1. The monoisotopic (exact) mass is 448 g/mol. The van der Waals surface area contributed by atoms with Gasteiger partial charge in [0.05, 0.1) is 11.1 Å². The van der Waals surface area contributed by atoms with Gasteiger partial charge in [-0.15, -0.1) is 17.8 Å². The third-order valence-corrected chi connectivity index (χ3v) is 7.06. The Morgan fingerprint density at radius 1 is 1.21 bits per heavy atom. The summed E-state index contributed by atoms with van der Waals surface area (Å²) in [7, 11) is -4.53. The van der Waals surface area contributed by atoms with Crippen LogP contribution < -0.4 is 10.0 Å². The van der Waals surface area contributed by atoms with Gasteiger partial charge in [-0.25, -0.2) is 12.8 Å². The van der Waals surface area contributed by atoms with Crippen molar-refractivity contribution in [1.82, 2.24) is 4.72 Å². The van der Waals surface area contributed by atoms with Crippen LogP contribution in [0.4, 0.5) is 23.2 Å². The van der Waals surface area contributed by atoms with Gasteiger partial charge in [0.25, 0.3) is 15.9 Å². The van der Waals surface area contributed by atoms with Gasteiger partial charge in [0.15, 0.2) is 0 Å².